The van der Waals surface area contributed by atoms with E-state index in [1.165, 1.54) is 11.8 Å². The maximum Gasteiger partial charge on any atom is 0.209 e. The topological polar surface area (TPSA) is 58.6 Å². The molecule has 0 radical (unpaired) electrons. The summed E-state index contributed by atoms with van der Waals surface area (Å²) < 4.78 is 31.3. The molecule has 27 heavy (non-hydrogen) atoms. The number of rotatable bonds is 6. The van der Waals surface area contributed by atoms with Crippen LogP contribution < -0.4 is 4.72 Å². The molecule has 146 valence electrons. The van der Waals surface area contributed by atoms with E-state index in [9.17, 15) is 8.42 Å². The van der Waals surface area contributed by atoms with E-state index >= 15 is 0 Å². The predicted molar refractivity (Wildman–Crippen MR) is 108 cm³/mol. The number of ether oxygens (including phenoxy) is 1. The minimum atomic E-state index is -3.22. The summed E-state index contributed by atoms with van der Waals surface area (Å²) in [5, 5.41) is 0.723. The summed E-state index contributed by atoms with van der Waals surface area (Å²) in [7, 11) is -3.22. The summed E-state index contributed by atoms with van der Waals surface area (Å²) in [6.45, 7) is 5.05. The van der Waals surface area contributed by atoms with E-state index in [0.717, 1.165) is 35.8 Å². The summed E-state index contributed by atoms with van der Waals surface area (Å²) in [5.74, 6) is 0. The first-order valence-electron chi connectivity index (χ1n) is 8.96. The summed E-state index contributed by atoms with van der Waals surface area (Å²) in [4.78, 5) is 2.36. The van der Waals surface area contributed by atoms with Gasteiger partial charge in [-0.2, -0.15) is 0 Å². The van der Waals surface area contributed by atoms with Gasteiger partial charge in [-0.25, -0.2) is 13.1 Å². The highest BCUT2D eigenvalue weighted by molar-refractivity contribution is 7.88. The van der Waals surface area contributed by atoms with Crippen molar-refractivity contribution in [3.05, 3.63) is 70.2 Å². The molecule has 1 fully saturated rings. The van der Waals surface area contributed by atoms with Gasteiger partial charge in [0.05, 0.1) is 19.0 Å². The highest BCUT2D eigenvalue weighted by Gasteiger charge is 2.22. The Bertz CT molecular complexity index is 871. The molecule has 0 saturated carbocycles. The molecule has 1 unspecified atom stereocenters. The maximum absolute atomic E-state index is 11.4. The Morgan fingerprint density at radius 3 is 2.67 bits per heavy atom. The summed E-state index contributed by atoms with van der Waals surface area (Å²) in [6, 6.07) is 15.6. The Morgan fingerprint density at radius 1 is 1.26 bits per heavy atom. The number of morpholine rings is 1. The average molecular weight is 409 g/mol. The lowest BCUT2D eigenvalue weighted by atomic mass is 10.1. The fourth-order valence-corrected chi connectivity index (χ4v) is 4.29. The van der Waals surface area contributed by atoms with E-state index in [-0.39, 0.29) is 12.1 Å². The standard InChI is InChI=1S/C20H25ClN2O3S/c1-15(22-27(2,24)25)17-8-6-16(7-9-17)13-23-10-11-26-20(14-23)18-4-3-5-19(21)12-18/h3-9,12,15,20,22H,10-11,13-14H2,1-2H3/t15-,20?/m1/s1. The van der Waals surface area contributed by atoms with Crippen LogP contribution >= 0.6 is 11.6 Å². The number of benzene rings is 2. The van der Waals surface area contributed by atoms with Gasteiger partial charge in [-0.15, -0.1) is 0 Å². The number of nitrogens with one attached hydrogen (secondary N) is 1. The first kappa shape index (κ1) is 20.3. The lowest BCUT2D eigenvalue weighted by Crippen LogP contribution is -2.37. The number of nitrogens with zero attached hydrogens (tertiary/aromatic N) is 1. The van der Waals surface area contributed by atoms with E-state index in [4.69, 9.17) is 16.3 Å². The number of sulfonamides is 1. The molecule has 1 heterocycles. The largest absolute Gasteiger partial charge is 0.371 e. The lowest BCUT2D eigenvalue weighted by Gasteiger charge is -2.33. The molecule has 1 N–H and O–H groups in total. The van der Waals surface area contributed by atoms with Crippen LogP contribution in [0.1, 0.15) is 35.8 Å². The molecular formula is C20H25ClN2O3S. The van der Waals surface area contributed by atoms with E-state index in [1.807, 2.05) is 43.3 Å². The molecule has 1 aliphatic rings. The summed E-state index contributed by atoms with van der Waals surface area (Å²) >= 11 is 6.10. The summed E-state index contributed by atoms with van der Waals surface area (Å²) in [5.41, 5.74) is 3.24. The first-order chi connectivity index (χ1) is 12.8. The van der Waals surface area contributed by atoms with Gasteiger partial charge in [-0.1, -0.05) is 48.0 Å². The third-order valence-corrected chi connectivity index (χ3v) is 5.66. The lowest BCUT2D eigenvalue weighted by molar-refractivity contribution is -0.0329. The van der Waals surface area contributed by atoms with Crippen LogP contribution in [0.3, 0.4) is 0 Å². The molecule has 0 aromatic heterocycles. The van der Waals surface area contributed by atoms with Gasteiger partial charge in [0.2, 0.25) is 10.0 Å². The van der Waals surface area contributed by atoms with Crippen molar-refractivity contribution in [2.45, 2.75) is 25.6 Å². The fourth-order valence-electron chi connectivity index (χ4n) is 3.31. The smallest absolute Gasteiger partial charge is 0.209 e. The predicted octanol–water partition coefficient (Wildman–Crippen LogP) is 3.52. The van der Waals surface area contributed by atoms with Gasteiger partial charge in [0.1, 0.15) is 0 Å². The Hall–Kier alpha value is -1.44. The number of hydrogen-bond acceptors (Lipinski definition) is 4. The van der Waals surface area contributed by atoms with Crippen molar-refractivity contribution in [1.82, 2.24) is 9.62 Å². The van der Waals surface area contributed by atoms with Crippen LogP contribution in [0.5, 0.6) is 0 Å². The number of halogens is 1. The van der Waals surface area contributed by atoms with Gasteiger partial charge < -0.3 is 4.74 Å². The van der Waals surface area contributed by atoms with Crippen molar-refractivity contribution in [3.8, 4) is 0 Å². The van der Waals surface area contributed by atoms with E-state index in [0.29, 0.717) is 6.61 Å². The molecule has 2 aromatic carbocycles. The Morgan fingerprint density at radius 2 is 2.00 bits per heavy atom. The minimum absolute atomic E-state index is 0.0238. The van der Waals surface area contributed by atoms with Crippen LogP contribution in [0, 0.1) is 0 Å². The Labute approximate surface area is 166 Å². The molecule has 7 heteroatoms. The van der Waals surface area contributed by atoms with Gasteiger partial charge in [-0.3, -0.25) is 4.90 Å². The van der Waals surface area contributed by atoms with Gasteiger partial charge >= 0.3 is 0 Å². The zero-order chi connectivity index (χ0) is 19.4. The van der Waals surface area contributed by atoms with Crippen molar-refractivity contribution < 1.29 is 13.2 Å². The third kappa shape index (κ3) is 6.02. The zero-order valence-electron chi connectivity index (χ0n) is 15.6. The van der Waals surface area contributed by atoms with E-state index < -0.39 is 10.0 Å². The highest BCUT2D eigenvalue weighted by Crippen LogP contribution is 2.25. The molecule has 0 spiro atoms. The number of hydrogen-bond donors (Lipinski definition) is 1. The second kappa shape index (κ2) is 8.71. The van der Waals surface area contributed by atoms with Crippen molar-refractivity contribution in [2.24, 2.45) is 0 Å². The third-order valence-electron chi connectivity index (χ3n) is 4.65. The highest BCUT2D eigenvalue weighted by atomic mass is 35.5. The first-order valence-corrected chi connectivity index (χ1v) is 11.2. The van der Waals surface area contributed by atoms with Gasteiger partial charge in [-0.05, 0) is 35.7 Å². The Kier molecular flexibility index (Phi) is 6.55. The second-order valence-electron chi connectivity index (χ2n) is 7.00. The minimum Gasteiger partial charge on any atom is -0.371 e. The molecule has 3 rings (SSSR count). The zero-order valence-corrected chi connectivity index (χ0v) is 17.1. The average Bonchev–Trinajstić information content (AvgIpc) is 2.61. The van der Waals surface area contributed by atoms with Crippen molar-refractivity contribution >= 4 is 21.6 Å². The monoisotopic (exact) mass is 408 g/mol. The molecule has 2 atom stereocenters. The molecule has 0 amide bonds. The molecule has 0 bridgehead atoms. The fraction of sp³-hybridized carbons (Fsp3) is 0.400. The maximum atomic E-state index is 11.4. The van der Waals surface area contributed by atoms with E-state index in [1.54, 1.807) is 0 Å². The molecule has 0 aliphatic carbocycles. The van der Waals surface area contributed by atoms with Crippen LogP contribution in [0.25, 0.3) is 0 Å². The van der Waals surface area contributed by atoms with Crippen LogP contribution in [0.4, 0.5) is 0 Å². The molecule has 1 saturated heterocycles. The quantitative estimate of drug-likeness (QED) is 0.794. The molecular weight excluding hydrogens is 384 g/mol. The van der Waals surface area contributed by atoms with Gasteiger partial charge in [0, 0.05) is 30.7 Å². The van der Waals surface area contributed by atoms with Crippen LogP contribution in [0.15, 0.2) is 48.5 Å². The van der Waals surface area contributed by atoms with Gasteiger partial charge in [0.15, 0.2) is 0 Å². The summed E-state index contributed by atoms with van der Waals surface area (Å²) in [6.07, 6.45) is 1.20. The van der Waals surface area contributed by atoms with Crippen LogP contribution in [-0.2, 0) is 21.3 Å². The van der Waals surface area contributed by atoms with Gasteiger partial charge in [0.25, 0.3) is 0 Å². The van der Waals surface area contributed by atoms with Crippen molar-refractivity contribution in [2.75, 3.05) is 26.0 Å². The van der Waals surface area contributed by atoms with Crippen molar-refractivity contribution in [1.29, 1.82) is 0 Å². The van der Waals surface area contributed by atoms with Crippen LogP contribution in [-0.4, -0.2) is 39.3 Å². The molecule has 2 aromatic rings. The SMILES string of the molecule is C[C@@H](NS(C)(=O)=O)c1ccc(CN2CCOC(c3cccc(Cl)c3)C2)cc1. The second-order valence-corrected chi connectivity index (χ2v) is 9.22. The molecule has 1 aliphatic heterocycles. The normalized spacial score (nSPS) is 19.7. The van der Waals surface area contributed by atoms with Crippen LogP contribution in [0.2, 0.25) is 5.02 Å². The van der Waals surface area contributed by atoms with E-state index in [2.05, 4.69) is 21.8 Å². The molecule has 5 nitrogen and oxygen atoms in total. The Balaban J connectivity index is 1.61. The van der Waals surface area contributed by atoms with Crippen molar-refractivity contribution in [3.63, 3.8) is 0 Å².